The molecule has 2 amide bonds. The fourth-order valence-electron chi connectivity index (χ4n) is 3.80. The molecule has 8 heteroatoms. The molecule has 1 aromatic heterocycles. The number of hydrogen-bond donors (Lipinski definition) is 1. The van der Waals surface area contributed by atoms with E-state index in [2.05, 4.69) is 15.1 Å². The first-order chi connectivity index (χ1) is 12.5. The molecule has 26 heavy (non-hydrogen) atoms. The first-order valence-electron chi connectivity index (χ1n) is 8.85. The molecule has 7 nitrogen and oxygen atoms in total. The molecular weight excluding hydrogens is 337 g/mol. The molecule has 0 saturated carbocycles. The second kappa shape index (κ2) is 6.35. The highest BCUT2D eigenvalue weighted by Crippen LogP contribution is 2.24. The van der Waals surface area contributed by atoms with Crippen LogP contribution in [0.3, 0.4) is 0 Å². The maximum atomic E-state index is 13.5. The molecule has 138 valence electrons. The monoisotopic (exact) mass is 359 g/mol. The Bertz CT molecular complexity index is 860. The summed E-state index contributed by atoms with van der Waals surface area (Å²) < 4.78 is 13.5. The van der Waals surface area contributed by atoms with Gasteiger partial charge in [-0.3, -0.25) is 19.6 Å². The van der Waals surface area contributed by atoms with Gasteiger partial charge in [-0.1, -0.05) is 0 Å². The lowest BCUT2D eigenvalue weighted by Crippen LogP contribution is -2.63. The number of hydrogen-bond acceptors (Lipinski definition) is 4. The van der Waals surface area contributed by atoms with Crippen LogP contribution in [0.2, 0.25) is 0 Å². The Labute approximate surface area is 150 Å². The minimum absolute atomic E-state index is 0.0322. The number of rotatable bonds is 3. The smallest absolute Gasteiger partial charge is 0.275 e. The number of amides is 2. The van der Waals surface area contributed by atoms with Crippen LogP contribution in [0.5, 0.6) is 0 Å². The van der Waals surface area contributed by atoms with Crippen molar-refractivity contribution >= 4 is 22.7 Å². The number of likely N-dealkylation sites (N-methyl/N-ethyl adjacent to an activating group) is 2. The topological polar surface area (TPSA) is 72.5 Å². The van der Waals surface area contributed by atoms with E-state index in [1.807, 2.05) is 11.9 Å². The molecule has 2 aliphatic heterocycles. The molecule has 0 aliphatic carbocycles. The SMILES string of the molecule is CN(C(=O)c1n[nH]c2ccc(F)cc12)C1CN(C(=O)[C@@H]2CCCN2C)C1. The van der Waals surface area contributed by atoms with E-state index in [9.17, 15) is 14.0 Å². The van der Waals surface area contributed by atoms with Crippen molar-refractivity contribution in [3.05, 3.63) is 29.7 Å². The lowest BCUT2D eigenvalue weighted by Gasteiger charge is -2.45. The van der Waals surface area contributed by atoms with Crippen LogP contribution < -0.4 is 0 Å². The molecule has 2 aromatic rings. The fraction of sp³-hybridized carbons (Fsp3) is 0.500. The molecule has 0 radical (unpaired) electrons. The van der Waals surface area contributed by atoms with Crippen molar-refractivity contribution in [1.82, 2.24) is 24.9 Å². The molecule has 2 fully saturated rings. The summed E-state index contributed by atoms with van der Waals surface area (Å²) in [5.74, 6) is -0.525. The van der Waals surface area contributed by atoms with Gasteiger partial charge in [0.05, 0.1) is 17.6 Å². The molecule has 2 aliphatic rings. The zero-order valence-electron chi connectivity index (χ0n) is 14.9. The quantitative estimate of drug-likeness (QED) is 0.890. The highest BCUT2D eigenvalue weighted by Gasteiger charge is 2.40. The molecule has 4 rings (SSSR count). The first kappa shape index (κ1) is 17.0. The van der Waals surface area contributed by atoms with Gasteiger partial charge in [-0.15, -0.1) is 0 Å². The van der Waals surface area contributed by atoms with Crippen LogP contribution in [0.15, 0.2) is 18.2 Å². The Morgan fingerprint density at radius 3 is 2.81 bits per heavy atom. The number of H-pyrrole nitrogens is 1. The number of likely N-dealkylation sites (tertiary alicyclic amines) is 2. The van der Waals surface area contributed by atoms with E-state index < -0.39 is 5.82 Å². The summed E-state index contributed by atoms with van der Waals surface area (Å²) >= 11 is 0. The van der Waals surface area contributed by atoms with Gasteiger partial charge in [-0.05, 0) is 44.6 Å². The molecule has 2 saturated heterocycles. The van der Waals surface area contributed by atoms with Crippen molar-refractivity contribution in [3.63, 3.8) is 0 Å². The van der Waals surface area contributed by atoms with Crippen molar-refractivity contribution in [1.29, 1.82) is 0 Å². The number of nitrogens with one attached hydrogen (secondary N) is 1. The normalized spacial score (nSPS) is 21.2. The van der Waals surface area contributed by atoms with Crippen LogP contribution in [-0.4, -0.2) is 82.5 Å². The average molecular weight is 359 g/mol. The van der Waals surface area contributed by atoms with Crippen molar-refractivity contribution < 1.29 is 14.0 Å². The van der Waals surface area contributed by atoms with E-state index in [4.69, 9.17) is 0 Å². The molecular formula is C18H22FN5O2. The molecule has 0 spiro atoms. The molecule has 0 bridgehead atoms. The molecule has 1 atom stereocenters. The summed E-state index contributed by atoms with van der Waals surface area (Å²) in [5, 5.41) is 7.29. The number of carbonyl (C=O) groups excluding carboxylic acids is 2. The van der Waals surface area contributed by atoms with E-state index in [1.54, 1.807) is 18.0 Å². The maximum Gasteiger partial charge on any atom is 0.275 e. The van der Waals surface area contributed by atoms with Crippen molar-refractivity contribution in [3.8, 4) is 0 Å². The molecule has 0 unspecified atom stereocenters. The van der Waals surface area contributed by atoms with E-state index in [0.717, 1.165) is 19.4 Å². The lowest BCUT2D eigenvalue weighted by atomic mass is 10.0. The summed E-state index contributed by atoms with van der Waals surface area (Å²) in [5.41, 5.74) is 0.833. The van der Waals surface area contributed by atoms with Crippen LogP contribution in [0.1, 0.15) is 23.3 Å². The number of benzene rings is 1. The van der Waals surface area contributed by atoms with Gasteiger partial charge < -0.3 is 9.80 Å². The molecule has 3 heterocycles. The van der Waals surface area contributed by atoms with Crippen molar-refractivity contribution in [2.24, 2.45) is 0 Å². The fourth-order valence-corrected chi connectivity index (χ4v) is 3.80. The Kier molecular flexibility index (Phi) is 4.14. The Morgan fingerprint density at radius 1 is 1.35 bits per heavy atom. The first-order valence-corrected chi connectivity index (χ1v) is 8.85. The zero-order valence-corrected chi connectivity index (χ0v) is 14.9. The van der Waals surface area contributed by atoms with E-state index in [1.165, 1.54) is 12.1 Å². The van der Waals surface area contributed by atoms with Gasteiger partial charge in [0, 0.05) is 25.5 Å². The van der Waals surface area contributed by atoms with E-state index in [-0.39, 0.29) is 29.6 Å². The highest BCUT2D eigenvalue weighted by atomic mass is 19.1. The van der Waals surface area contributed by atoms with E-state index >= 15 is 0 Å². The number of halogens is 1. The van der Waals surface area contributed by atoms with Gasteiger partial charge in [0.25, 0.3) is 5.91 Å². The minimum Gasteiger partial charge on any atom is -0.337 e. The summed E-state index contributed by atoms with van der Waals surface area (Å²) in [7, 11) is 3.68. The van der Waals surface area contributed by atoms with Crippen molar-refractivity contribution in [2.75, 3.05) is 33.7 Å². The standard InChI is InChI=1S/C18H22FN5O2/c1-22-7-3-4-15(22)17(25)24-9-12(10-24)23(2)18(26)16-13-8-11(19)5-6-14(13)20-21-16/h5-6,8,12,15H,3-4,7,9-10H2,1-2H3,(H,20,21)/t15-/m0/s1. The number of carbonyl (C=O) groups is 2. The third-order valence-corrected chi connectivity index (χ3v) is 5.57. The Morgan fingerprint density at radius 2 is 2.12 bits per heavy atom. The van der Waals surface area contributed by atoms with Crippen molar-refractivity contribution in [2.45, 2.75) is 24.9 Å². The molecule has 1 N–H and O–H groups in total. The third-order valence-electron chi connectivity index (χ3n) is 5.57. The van der Waals surface area contributed by atoms with Crippen LogP contribution in [0.4, 0.5) is 4.39 Å². The second-order valence-corrected chi connectivity index (χ2v) is 7.21. The lowest BCUT2D eigenvalue weighted by molar-refractivity contribution is -0.142. The number of fused-ring (bicyclic) bond motifs is 1. The second-order valence-electron chi connectivity index (χ2n) is 7.21. The highest BCUT2D eigenvalue weighted by molar-refractivity contribution is 6.04. The number of nitrogens with zero attached hydrogens (tertiary/aromatic N) is 4. The zero-order chi connectivity index (χ0) is 18.4. The third kappa shape index (κ3) is 2.74. The van der Waals surface area contributed by atoms with Gasteiger partial charge in [0.1, 0.15) is 5.82 Å². The van der Waals surface area contributed by atoms with Crippen LogP contribution in [0.25, 0.3) is 10.9 Å². The summed E-state index contributed by atoms with van der Waals surface area (Å²) in [4.78, 5) is 30.8. The van der Waals surface area contributed by atoms with Crippen LogP contribution in [-0.2, 0) is 4.79 Å². The Hall–Kier alpha value is -2.48. The number of aromatic amines is 1. The summed E-state index contributed by atoms with van der Waals surface area (Å²) in [6.45, 7) is 2.01. The van der Waals surface area contributed by atoms with Gasteiger partial charge in [-0.25, -0.2) is 4.39 Å². The largest absolute Gasteiger partial charge is 0.337 e. The predicted molar refractivity (Wildman–Crippen MR) is 94.2 cm³/mol. The van der Waals surface area contributed by atoms with Gasteiger partial charge >= 0.3 is 0 Å². The average Bonchev–Trinajstić information content (AvgIpc) is 3.18. The summed E-state index contributed by atoms with van der Waals surface area (Å²) in [6, 6.07) is 4.13. The van der Waals surface area contributed by atoms with Crippen LogP contribution >= 0.6 is 0 Å². The van der Waals surface area contributed by atoms with Gasteiger partial charge in [0.2, 0.25) is 5.91 Å². The maximum absolute atomic E-state index is 13.5. The number of aromatic nitrogens is 2. The summed E-state index contributed by atoms with van der Waals surface area (Å²) in [6.07, 6.45) is 1.95. The minimum atomic E-state index is -0.406. The Balaban J connectivity index is 1.42. The van der Waals surface area contributed by atoms with Gasteiger partial charge in [0.15, 0.2) is 5.69 Å². The van der Waals surface area contributed by atoms with Gasteiger partial charge in [-0.2, -0.15) is 5.10 Å². The van der Waals surface area contributed by atoms with Crippen LogP contribution in [0, 0.1) is 5.82 Å². The van der Waals surface area contributed by atoms with E-state index in [0.29, 0.717) is 24.0 Å². The predicted octanol–water partition coefficient (Wildman–Crippen LogP) is 1.08. The molecule has 1 aromatic carbocycles.